The molecule has 2 aromatic carbocycles. The van der Waals surface area contributed by atoms with Crippen molar-refractivity contribution in [2.24, 2.45) is 5.73 Å². The highest BCUT2D eigenvalue weighted by molar-refractivity contribution is 5.96. The van der Waals surface area contributed by atoms with E-state index in [1.165, 1.54) is 6.33 Å². The van der Waals surface area contributed by atoms with Crippen LogP contribution in [-0.4, -0.2) is 22.2 Å². The van der Waals surface area contributed by atoms with E-state index in [2.05, 4.69) is 14.7 Å². The molecule has 32 heavy (non-hydrogen) atoms. The highest BCUT2D eigenvalue weighted by Crippen LogP contribution is 2.37. The Morgan fingerprint density at radius 3 is 1.84 bits per heavy atom. The van der Waals surface area contributed by atoms with Crippen molar-refractivity contribution in [2.75, 3.05) is 0 Å². The summed E-state index contributed by atoms with van der Waals surface area (Å²) in [6.07, 6.45) is -5.11. The average Bonchev–Trinajstić information content (AvgIpc) is 2.69. The molecule has 1 heterocycles. The summed E-state index contributed by atoms with van der Waals surface area (Å²) in [5.41, 5.74) is 2.05. The van der Waals surface area contributed by atoms with Gasteiger partial charge in [-0.05, 0) is 42.5 Å². The number of aromatic nitrogens is 2. The Morgan fingerprint density at radius 1 is 0.875 bits per heavy atom. The predicted octanol–water partition coefficient (Wildman–Crippen LogP) is 5.11. The first-order valence-electron chi connectivity index (χ1n) is 8.31. The number of carbonyl (C=O) groups is 1. The Hall–Kier alpha value is -3.90. The molecule has 0 bridgehead atoms. The maximum absolute atomic E-state index is 14.0. The van der Waals surface area contributed by atoms with Gasteiger partial charge in [0.05, 0.1) is 5.56 Å². The van der Waals surface area contributed by atoms with E-state index in [4.69, 9.17) is 10.5 Å². The first kappa shape index (κ1) is 24.4. The molecule has 0 atom stereocenters. The molecule has 0 radical (unpaired) electrons. The van der Waals surface area contributed by atoms with Crippen LogP contribution >= 0.6 is 0 Å². The lowest BCUT2D eigenvalue weighted by atomic mass is 10.1. The van der Waals surface area contributed by atoms with E-state index in [0.717, 1.165) is 24.3 Å². The largest absolute Gasteiger partial charge is 0.573 e. The molecule has 0 aliphatic heterocycles. The van der Waals surface area contributed by atoms with E-state index in [-0.39, 0.29) is 5.75 Å². The second-order valence-corrected chi connectivity index (χ2v) is 5.69. The number of nitrogens with two attached hydrogens (primary N) is 1. The SMILES string of the molecule is NC(=O)c1c(Oc2ccc(OC(F)(F)F)cc2)ccc(C(F)(F)F)c1F.c1cncnc1. The number of nitrogens with zero attached hydrogens (tertiary/aromatic N) is 2. The number of amides is 1. The van der Waals surface area contributed by atoms with Crippen molar-refractivity contribution in [2.45, 2.75) is 12.5 Å². The van der Waals surface area contributed by atoms with Crippen LogP contribution in [0.15, 0.2) is 61.2 Å². The zero-order chi connectivity index (χ0) is 23.9. The molecular weight excluding hydrogens is 451 g/mol. The molecule has 6 nitrogen and oxygen atoms in total. The van der Waals surface area contributed by atoms with Crippen molar-refractivity contribution in [1.29, 1.82) is 0 Å². The number of primary amides is 1. The van der Waals surface area contributed by atoms with Crippen LogP contribution in [0.5, 0.6) is 17.2 Å². The standard InChI is InChI=1S/C15H8F7NO3.C4H4N2/c16-12-9(14(17,18)19)5-6-10(11(12)13(23)24)25-7-1-3-8(4-2-7)26-15(20,21)22;1-2-5-4-6-3-1/h1-6H,(H2,23,24);1-4H. The number of rotatable bonds is 4. The minimum atomic E-state index is -5.07. The Kier molecular flexibility index (Phi) is 7.57. The number of carbonyl (C=O) groups excluding carboxylic acids is 1. The second-order valence-electron chi connectivity index (χ2n) is 5.69. The third kappa shape index (κ3) is 7.11. The molecule has 0 saturated carbocycles. The van der Waals surface area contributed by atoms with Crippen LogP contribution in [-0.2, 0) is 6.18 Å². The van der Waals surface area contributed by atoms with Gasteiger partial charge >= 0.3 is 12.5 Å². The van der Waals surface area contributed by atoms with Gasteiger partial charge in [-0.3, -0.25) is 4.79 Å². The number of alkyl halides is 6. The molecule has 0 saturated heterocycles. The summed E-state index contributed by atoms with van der Waals surface area (Å²) in [5, 5.41) is 0. The topological polar surface area (TPSA) is 87.3 Å². The van der Waals surface area contributed by atoms with Gasteiger partial charge in [-0.15, -0.1) is 13.2 Å². The van der Waals surface area contributed by atoms with Crippen molar-refractivity contribution >= 4 is 5.91 Å². The molecule has 2 N–H and O–H groups in total. The smallest absolute Gasteiger partial charge is 0.456 e. The summed E-state index contributed by atoms with van der Waals surface area (Å²) in [5.74, 6) is -4.84. The van der Waals surface area contributed by atoms with E-state index >= 15 is 0 Å². The molecule has 0 aliphatic carbocycles. The van der Waals surface area contributed by atoms with Crippen LogP contribution in [0, 0.1) is 5.82 Å². The lowest BCUT2D eigenvalue weighted by Gasteiger charge is -2.14. The summed E-state index contributed by atoms with van der Waals surface area (Å²) in [4.78, 5) is 18.7. The van der Waals surface area contributed by atoms with Crippen molar-refractivity contribution in [3.63, 3.8) is 0 Å². The molecule has 1 aromatic heterocycles. The quantitative estimate of drug-likeness (QED) is 0.544. The van der Waals surface area contributed by atoms with Crippen molar-refractivity contribution in [3.05, 3.63) is 78.1 Å². The highest BCUT2D eigenvalue weighted by atomic mass is 19.4. The fourth-order valence-corrected chi connectivity index (χ4v) is 2.18. The summed E-state index contributed by atoms with van der Waals surface area (Å²) < 4.78 is 97.0. The van der Waals surface area contributed by atoms with Gasteiger partial charge in [0.2, 0.25) is 0 Å². The summed E-state index contributed by atoms with van der Waals surface area (Å²) >= 11 is 0. The van der Waals surface area contributed by atoms with Crippen molar-refractivity contribution in [3.8, 4) is 17.2 Å². The van der Waals surface area contributed by atoms with Gasteiger partial charge in [0.1, 0.15) is 29.1 Å². The van der Waals surface area contributed by atoms with Gasteiger partial charge in [0, 0.05) is 12.4 Å². The molecule has 3 rings (SSSR count). The van der Waals surface area contributed by atoms with Gasteiger partial charge < -0.3 is 15.2 Å². The minimum Gasteiger partial charge on any atom is -0.456 e. The molecule has 0 aliphatic rings. The number of benzene rings is 2. The lowest BCUT2D eigenvalue weighted by molar-refractivity contribution is -0.274. The minimum absolute atomic E-state index is 0.193. The van der Waals surface area contributed by atoms with E-state index < -0.39 is 46.9 Å². The van der Waals surface area contributed by atoms with Gasteiger partial charge in [0.25, 0.3) is 5.91 Å². The van der Waals surface area contributed by atoms with Gasteiger partial charge in [0.15, 0.2) is 5.82 Å². The number of hydrogen-bond donors (Lipinski definition) is 1. The third-order valence-electron chi connectivity index (χ3n) is 3.42. The molecule has 170 valence electrons. The van der Waals surface area contributed by atoms with Crippen molar-refractivity contribution in [1.82, 2.24) is 9.97 Å². The van der Waals surface area contributed by atoms with E-state index in [1.54, 1.807) is 18.5 Å². The van der Waals surface area contributed by atoms with Gasteiger partial charge in [-0.1, -0.05) is 0 Å². The molecule has 1 amide bonds. The zero-order valence-corrected chi connectivity index (χ0v) is 15.6. The monoisotopic (exact) mass is 463 g/mol. The number of halogens is 7. The first-order valence-corrected chi connectivity index (χ1v) is 8.31. The first-order chi connectivity index (χ1) is 14.9. The Labute approximate surface area is 175 Å². The maximum atomic E-state index is 14.0. The maximum Gasteiger partial charge on any atom is 0.573 e. The summed E-state index contributed by atoms with van der Waals surface area (Å²) in [6, 6.07) is 6.45. The number of ether oxygens (including phenoxy) is 2. The normalized spacial score (nSPS) is 11.2. The zero-order valence-electron chi connectivity index (χ0n) is 15.6. The molecule has 13 heteroatoms. The Bertz CT molecular complexity index is 1010. The molecular formula is C19H12F7N3O3. The van der Waals surface area contributed by atoms with E-state index in [0.29, 0.717) is 12.1 Å². The number of hydrogen-bond acceptors (Lipinski definition) is 5. The van der Waals surface area contributed by atoms with Crippen LogP contribution < -0.4 is 15.2 Å². The fraction of sp³-hybridized carbons (Fsp3) is 0.105. The van der Waals surface area contributed by atoms with Crippen LogP contribution in [0.4, 0.5) is 30.7 Å². The average molecular weight is 463 g/mol. The van der Waals surface area contributed by atoms with Gasteiger partial charge in [-0.25, -0.2) is 14.4 Å². The summed E-state index contributed by atoms with van der Waals surface area (Å²) in [6.45, 7) is 0. The van der Waals surface area contributed by atoms with Gasteiger partial charge in [-0.2, -0.15) is 13.2 Å². The molecule has 3 aromatic rings. The second kappa shape index (κ2) is 9.94. The predicted molar refractivity (Wildman–Crippen MR) is 95.2 cm³/mol. The Balaban J connectivity index is 0.000000520. The van der Waals surface area contributed by atoms with Crippen LogP contribution in [0.1, 0.15) is 15.9 Å². The molecule has 0 spiro atoms. The third-order valence-corrected chi connectivity index (χ3v) is 3.42. The van der Waals surface area contributed by atoms with E-state index in [9.17, 15) is 35.5 Å². The Morgan fingerprint density at radius 2 is 1.44 bits per heavy atom. The lowest BCUT2D eigenvalue weighted by Crippen LogP contribution is -2.18. The fourth-order valence-electron chi connectivity index (χ4n) is 2.18. The highest BCUT2D eigenvalue weighted by Gasteiger charge is 2.37. The van der Waals surface area contributed by atoms with Crippen LogP contribution in [0.3, 0.4) is 0 Å². The van der Waals surface area contributed by atoms with E-state index in [1.807, 2.05) is 0 Å². The van der Waals surface area contributed by atoms with Crippen LogP contribution in [0.2, 0.25) is 0 Å². The van der Waals surface area contributed by atoms with Crippen molar-refractivity contribution < 1.29 is 45.0 Å². The molecule has 0 fully saturated rings. The van der Waals surface area contributed by atoms with Crippen LogP contribution in [0.25, 0.3) is 0 Å². The molecule has 0 unspecified atom stereocenters. The summed E-state index contributed by atoms with van der Waals surface area (Å²) in [7, 11) is 0.